The number of nitrogens with one attached hydrogen (secondary N) is 2. The van der Waals surface area contributed by atoms with Crippen molar-refractivity contribution in [1.82, 2.24) is 10.6 Å². The van der Waals surface area contributed by atoms with E-state index in [9.17, 15) is 0 Å². The largest absolute Gasteiger partial charge is 0.467 e. The van der Waals surface area contributed by atoms with Crippen molar-refractivity contribution in [2.45, 2.75) is 12.6 Å². The molecule has 0 atom stereocenters. The normalized spacial score (nSPS) is 10.5. The summed E-state index contributed by atoms with van der Waals surface area (Å²) in [5.41, 5.74) is 2.33. The first-order valence-electron chi connectivity index (χ1n) is 7.49. The van der Waals surface area contributed by atoms with Crippen molar-refractivity contribution in [2.24, 2.45) is 0 Å². The Hall–Kier alpha value is -2.59. The molecule has 3 rings (SSSR count). The van der Waals surface area contributed by atoms with E-state index in [1.807, 2.05) is 48.5 Å². The number of rotatable bonds is 5. The average molecular weight is 322 g/mol. The summed E-state index contributed by atoms with van der Waals surface area (Å²) in [5, 5.41) is 7.17. The van der Waals surface area contributed by atoms with Crippen molar-refractivity contribution in [3.8, 4) is 0 Å². The Balaban J connectivity index is 1.72. The van der Waals surface area contributed by atoms with Gasteiger partial charge in [-0.25, -0.2) is 0 Å². The van der Waals surface area contributed by atoms with Gasteiger partial charge >= 0.3 is 0 Å². The van der Waals surface area contributed by atoms with Gasteiger partial charge in [0.1, 0.15) is 5.76 Å². The molecule has 0 aliphatic rings. The van der Waals surface area contributed by atoms with E-state index in [0.717, 1.165) is 5.76 Å². The lowest BCUT2D eigenvalue weighted by Gasteiger charge is -2.21. The molecule has 0 unspecified atom stereocenters. The Morgan fingerprint density at radius 3 is 2.00 bits per heavy atom. The molecule has 0 saturated carbocycles. The molecule has 3 nitrogen and oxygen atoms in total. The summed E-state index contributed by atoms with van der Waals surface area (Å²) in [6, 6.07) is 24.3. The second-order valence-electron chi connectivity index (χ2n) is 5.16. The molecule has 3 aromatic rings. The second kappa shape index (κ2) is 7.61. The molecule has 1 aromatic heterocycles. The van der Waals surface area contributed by atoms with Crippen molar-refractivity contribution < 1.29 is 4.42 Å². The van der Waals surface area contributed by atoms with Gasteiger partial charge < -0.3 is 15.1 Å². The number of hydrogen-bond donors (Lipinski definition) is 2. The van der Waals surface area contributed by atoms with Gasteiger partial charge in [-0.2, -0.15) is 0 Å². The fourth-order valence-electron chi connectivity index (χ4n) is 2.41. The molecule has 0 amide bonds. The van der Waals surface area contributed by atoms with Crippen LogP contribution >= 0.6 is 12.2 Å². The number of thiocarbonyl (C=S) groups is 1. The summed E-state index contributed by atoms with van der Waals surface area (Å²) in [4.78, 5) is 0. The third kappa shape index (κ3) is 4.20. The molecule has 0 aliphatic carbocycles. The van der Waals surface area contributed by atoms with Crippen LogP contribution in [0, 0.1) is 0 Å². The highest BCUT2D eigenvalue weighted by Crippen LogP contribution is 2.21. The van der Waals surface area contributed by atoms with E-state index < -0.39 is 0 Å². The quantitative estimate of drug-likeness (QED) is 0.695. The van der Waals surface area contributed by atoms with Gasteiger partial charge in [0.2, 0.25) is 0 Å². The van der Waals surface area contributed by atoms with Gasteiger partial charge in [-0.1, -0.05) is 60.7 Å². The smallest absolute Gasteiger partial charge is 0.167 e. The summed E-state index contributed by atoms with van der Waals surface area (Å²) in [6.45, 7) is 0.565. The molecule has 2 N–H and O–H groups in total. The van der Waals surface area contributed by atoms with Crippen LogP contribution in [0.1, 0.15) is 22.9 Å². The maximum absolute atomic E-state index is 5.44. The zero-order valence-corrected chi connectivity index (χ0v) is 13.4. The number of hydrogen-bond acceptors (Lipinski definition) is 2. The topological polar surface area (TPSA) is 37.2 Å². The Labute approximate surface area is 141 Å². The standard InChI is InChI=1S/C19H18N2OS/c23-19(20-14-17-12-7-13-22-17)21-18(15-8-3-1-4-9-15)16-10-5-2-6-11-16/h1-13,18H,14H2,(H2,20,21,23). The third-order valence-corrected chi connectivity index (χ3v) is 3.81. The van der Waals surface area contributed by atoms with Crippen LogP contribution in [0.2, 0.25) is 0 Å². The van der Waals surface area contributed by atoms with Crippen LogP contribution < -0.4 is 10.6 Å². The maximum atomic E-state index is 5.44. The van der Waals surface area contributed by atoms with Gasteiger partial charge in [0.25, 0.3) is 0 Å². The predicted molar refractivity (Wildman–Crippen MR) is 96.0 cm³/mol. The van der Waals surface area contributed by atoms with Gasteiger partial charge in [0, 0.05) is 0 Å². The first-order chi connectivity index (χ1) is 11.3. The Morgan fingerprint density at radius 2 is 1.48 bits per heavy atom. The minimum Gasteiger partial charge on any atom is -0.467 e. The van der Waals surface area contributed by atoms with Gasteiger partial charge in [-0.3, -0.25) is 0 Å². The molecule has 2 aromatic carbocycles. The van der Waals surface area contributed by atoms with Crippen LogP contribution in [0.15, 0.2) is 83.5 Å². The monoisotopic (exact) mass is 322 g/mol. The van der Waals surface area contributed by atoms with Crippen molar-refractivity contribution in [3.63, 3.8) is 0 Å². The zero-order chi connectivity index (χ0) is 15.9. The second-order valence-corrected chi connectivity index (χ2v) is 5.57. The van der Waals surface area contributed by atoms with Crippen molar-refractivity contribution in [3.05, 3.63) is 95.9 Å². The van der Waals surface area contributed by atoms with Gasteiger partial charge in [0.05, 0.1) is 18.8 Å². The van der Waals surface area contributed by atoms with E-state index in [1.54, 1.807) is 6.26 Å². The van der Waals surface area contributed by atoms with E-state index in [2.05, 4.69) is 34.9 Å². The Morgan fingerprint density at radius 1 is 0.870 bits per heavy atom. The van der Waals surface area contributed by atoms with Crippen LogP contribution in [0.3, 0.4) is 0 Å². The van der Waals surface area contributed by atoms with Crippen LogP contribution in [0.4, 0.5) is 0 Å². The van der Waals surface area contributed by atoms with E-state index in [-0.39, 0.29) is 6.04 Å². The van der Waals surface area contributed by atoms with Gasteiger partial charge in [-0.05, 0) is 35.5 Å². The first-order valence-corrected chi connectivity index (χ1v) is 7.90. The minimum absolute atomic E-state index is 0.00833. The highest BCUT2D eigenvalue weighted by Gasteiger charge is 2.14. The minimum atomic E-state index is 0.00833. The van der Waals surface area contributed by atoms with E-state index in [4.69, 9.17) is 16.6 Å². The van der Waals surface area contributed by atoms with E-state index in [1.165, 1.54) is 11.1 Å². The molecule has 0 fully saturated rings. The Bertz CT molecular complexity index is 687. The van der Waals surface area contributed by atoms with Crippen LogP contribution in [-0.2, 0) is 6.54 Å². The summed E-state index contributed by atoms with van der Waals surface area (Å²) in [7, 11) is 0. The molecular weight excluding hydrogens is 304 g/mol. The van der Waals surface area contributed by atoms with E-state index >= 15 is 0 Å². The van der Waals surface area contributed by atoms with Crippen LogP contribution in [-0.4, -0.2) is 5.11 Å². The fraction of sp³-hybridized carbons (Fsp3) is 0.105. The highest BCUT2D eigenvalue weighted by molar-refractivity contribution is 7.80. The number of furan rings is 1. The van der Waals surface area contributed by atoms with E-state index in [0.29, 0.717) is 11.7 Å². The number of benzene rings is 2. The van der Waals surface area contributed by atoms with Crippen molar-refractivity contribution in [2.75, 3.05) is 0 Å². The summed E-state index contributed by atoms with van der Waals surface area (Å²) < 4.78 is 5.31. The fourth-order valence-corrected chi connectivity index (χ4v) is 2.60. The molecule has 0 spiro atoms. The molecular formula is C19H18N2OS. The van der Waals surface area contributed by atoms with Crippen molar-refractivity contribution in [1.29, 1.82) is 0 Å². The van der Waals surface area contributed by atoms with Crippen molar-refractivity contribution >= 4 is 17.3 Å². The first kappa shape index (κ1) is 15.3. The summed E-state index contributed by atoms with van der Waals surface area (Å²) >= 11 is 5.44. The van der Waals surface area contributed by atoms with Gasteiger partial charge in [0.15, 0.2) is 5.11 Å². The third-order valence-electron chi connectivity index (χ3n) is 3.54. The highest BCUT2D eigenvalue weighted by atomic mass is 32.1. The van der Waals surface area contributed by atoms with Crippen LogP contribution in [0.25, 0.3) is 0 Å². The lowest BCUT2D eigenvalue weighted by atomic mass is 9.99. The average Bonchev–Trinajstić information content (AvgIpc) is 3.13. The summed E-state index contributed by atoms with van der Waals surface area (Å²) in [5.74, 6) is 0.852. The molecule has 0 saturated heterocycles. The molecule has 1 heterocycles. The SMILES string of the molecule is S=C(NCc1ccco1)NC(c1ccccc1)c1ccccc1. The molecule has 0 aliphatic heterocycles. The molecule has 0 radical (unpaired) electrons. The lowest BCUT2D eigenvalue weighted by Crippen LogP contribution is -2.37. The molecule has 0 bridgehead atoms. The predicted octanol–water partition coefficient (Wildman–Crippen LogP) is 4.03. The van der Waals surface area contributed by atoms with Crippen LogP contribution in [0.5, 0.6) is 0 Å². The van der Waals surface area contributed by atoms with Gasteiger partial charge in [-0.15, -0.1) is 0 Å². The maximum Gasteiger partial charge on any atom is 0.167 e. The zero-order valence-electron chi connectivity index (χ0n) is 12.6. The lowest BCUT2D eigenvalue weighted by molar-refractivity contribution is 0.502. The Kier molecular flexibility index (Phi) is 5.06. The molecule has 116 valence electrons. The molecule has 4 heteroatoms. The summed E-state index contributed by atoms with van der Waals surface area (Å²) in [6.07, 6.45) is 1.66. The molecule has 23 heavy (non-hydrogen) atoms.